The second kappa shape index (κ2) is 8.41. The number of ether oxygens (including phenoxy) is 1. The second-order valence-electron chi connectivity index (χ2n) is 11.0. The van der Waals surface area contributed by atoms with Crippen molar-refractivity contribution in [2.24, 2.45) is 28.6 Å². The molecule has 3 fully saturated rings. The Bertz CT molecular complexity index is 995. The van der Waals surface area contributed by atoms with Crippen LogP contribution in [0, 0.1) is 28.6 Å². The van der Waals surface area contributed by atoms with Gasteiger partial charge in [0.25, 0.3) is 0 Å². The fourth-order valence-corrected chi connectivity index (χ4v) is 7.69. The molecule has 186 valence electrons. The van der Waals surface area contributed by atoms with Gasteiger partial charge in [-0.2, -0.15) is 0 Å². The third-order valence-corrected chi connectivity index (χ3v) is 9.55. The minimum Gasteiger partial charge on any atom is -0.481 e. The van der Waals surface area contributed by atoms with E-state index in [1.165, 1.54) is 0 Å². The molecule has 0 saturated heterocycles. The highest BCUT2D eigenvalue weighted by Crippen LogP contribution is 2.68. The molecule has 1 unspecified atom stereocenters. The monoisotopic (exact) mass is 474 g/mol. The van der Waals surface area contributed by atoms with Crippen molar-refractivity contribution in [2.45, 2.75) is 77.4 Å². The molecular weight excluding hydrogens is 440 g/mol. The number of hydrogen-bond donors (Lipinski definition) is 3. The molecule has 0 amide bonds. The van der Waals surface area contributed by atoms with Crippen LogP contribution in [0.1, 0.15) is 65.7 Å². The largest absolute Gasteiger partial charge is 0.481 e. The normalized spacial score (nSPS) is 40.9. The summed E-state index contributed by atoms with van der Waals surface area (Å²) in [7, 11) is 0. The van der Waals surface area contributed by atoms with E-state index in [0.29, 0.717) is 6.42 Å². The summed E-state index contributed by atoms with van der Waals surface area (Å²) >= 11 is 0. The fourth-order valence-electron chi connectivity index (χ4n) is 7.69. The zero-order valence-corrected chi connectivity index (χ0v) is 20.0. The summed E-state index contributed by atoms with van der Waals surface area (Å²) in [6.45, 7) is 5.29. The van der Waals surface area contributed by atoms with Gasteiger partial charge in [0.2, 0.25) is 5.78 Å². The van der Waals surface area contributed by atoms with Gasteiger partial charge in [-0.25, -0.2) is 0 Å². The number of allylic oxidation sites excluding steroid dienone is 4. The maximum atomic E-state index is 13.1. The standard InChI is InChI=1S/C26H34O8/c1-14-10-16(27)11-15-4-5-17-18-8-9-26(33,20(29)13-34-22(32)7-6-21(30)31)24(18,2)12-19(28)23(17)25(14,15)3/h10-11,17-19,23,28,33H,4-9,12-13H2,1-3H3,(H,30,31)/t17-,18-,19?,23+,24-,25-,26-/m0/s1. The first kappa shape index (κ1) is 24.8. The van der Waals surface area contributed by atoms with E-state index >= 15 is 0 Å². The first-order valence-corrected chi connectivity index (χ1v) is 12.1. The number of aliphatic hydroxyl groups excluding tert-OH is 1. The van der Waals surface area contributed by atoms with Crippen LogP contribution < -0.4 is 0 Å². The van der Waals surface area contributed by atoms with E-state index in [9.17, 15) is 29.4 Å². The first-order valence-electron chi connectivity index (χ1n) is 12.1. The predicted molar refractivity (Wildman–Crippen MR) is 120 cm³/mol. The number of ketones is 2. The summed E-state index contributed by atoms with van der Waals surface area (Å²) in [6, 6.07) is 0. The molecular formula is C26H34O8. The lowest BCUT2D eigenvalue weighted by atomic mass is 9.45. The van der Waals surface area contributed by atoms with E-state index in [-0.39, 0.29) is 49.2 Å². The molecule has 4 aliphatic rings. The molecule has 3 N–H and O–H groups in total. The quantitative estimate of drug-likeness (QED) is 0.499. The molecule has 4 aliphatic carbocycles. The minimum atomic E-state index is -1.73. The SMILES string of the molecule is CC1=CC(=O)C=C2CC[C@@H]3[C@H](C(O)C[C@@]4(C)[C@H]3CC[C@]4(O)C(=O)COC(=O)CCC(=O)O)[C@@]12C. The van der Waals surface area contributed by atoms with E-state index in [2.05, 4.69) is 6.92 Å². The van der Waals surface area contributed by atoms with Crippen molar-refractivity contribution < 1.29 is 39.2 Å². The second-order valence-corrected chi connectivity index (χ2v) is 11.0. The van der Waals surface area contributed by atoms with Gasteiger partial charge in [0.05, 0.1) is 18.9 Å². The van der Waals surface area contributed by atoms with Gasteiger partial charge in [0, 0.05) is 16.7 Å². The Labute approximate surface area is 199 Å². The van der Waals surface area contributed by atoms with Crippen LogP contribution >= 0.6 is 0 Å². The summed E-state index contributed by atoms with van der Waals surface area (Å²) in [5.41, 5.74) is -1.04. The average molecular weight is 475 g/mol. The summed E-state index contributed by atoms with van der Waals surface area (Å²) in [4.78, 5) is 47.7. The lowest BCUT2D eigenvalue weighted by Gasteiger charge is -2.60. The number of aliphatic carboxylic acids is 1. The van der Waals surface area contributed by atoms with E-state index in [1.54, 1.807) is 12.2 Å². The molecule has 8 heteroatoms. The predicted octanol–water partition coefficient (Wildman–Crippen LogP) is 2.36. The van der Waals surface area contributed by atoms with Crippen LogP contribution in [0.2, 0.25) is 0 Å². The smallest absolute Gasteiger partial charge is 0.306 e. The molecule has 0 radical (unpaired) electrons. The van der Waals surface area contributed by atoms with Gasteiger partial charge in [-0.3, -0.25) is 19.2 Å². The lowest BCUT2D eigenvalue weighted by molar-refractivity contribution is -0.181. The highest BCUT2D eigenvalue weighted by Gasteiger charge is 2.68. The zero-order valence-electron chi connectivity index (χ0n) is 20.0. The molecule has 0 aliphatic heterocycles. The van der Waals surface area contributed by atoms with Crippen molar-refractivity contribution in [3.05, 3.63) is 23.3 Å². The Balaban J connectivity index is 1.56. The number of aliphatic hydroxyl groups is 2. The molecule has 0 bridgehead atoms. The number of hydrogen-bond acceptors (Lipinski definition) is 7. The molecule has 0 heterocycles. The van der Waals surface area contributed by atoms with Gasteiger partial charge in [0.15, 0.2) is 12.4 Å². The molecule has 0 aromatic heterocycles. The van der Waals surface area contributed by atoms with Crippen molar-refractivity contribution in [3.8, 4) is 0 Å². The fraction of sp³-hybridized carbons (Fsp3) is 0.692. The minimum absolute atomic E-state index is 0.00126. The average Bonchev–Trinajstić information content (AvgIpc) is 3.02. The maximum Gasteiger partial charge on any atom is 0.306 e. The van der Waals surface area contributed by atoms with E-state index in [4.69, 9.17) is 9.84 Å². The topological polar surface area (TPSA) is 138 Å². The van der Waals surface area contributed by atoms with Gasteiger partial charge in [0.1, 0.15) is 5.60 Å². The highest BCUT2D eigenvalue weighted by molar-refractivity contribution is 6.02. The van der Waals surface area contributed by atoms with Crippen molar-refractivity contribution in [3.63, 3.8) is 0 Å². The molecule has 0 aromatic rings. The molecule has 4 rings (SSSR count). The van der Waals surface area contributed by atoms with E-state index in [1.807, 2.05) is 13.8 Å². The summed E-state index contributed by atoms with van der Waals surface area (Å²) in [6.07, 6.45) is 4.45. The van der Waals surface area contributed by atoms with Crippen molar-refractivity contribution in [2.75, 3.05) is 6.61 Å². The van der Waals surface area contributed by atoms with Crippen molar-refractivity contribution in [1.29, 1.82) is 0 Å². The third-order valence-electron chi connectivity index (χ3n) is 9.55. The number of carbonyl (C=O) groups is 4. The number of fused-ring (bicyclic) bond motifs is 5. The van der Waals surface area contributed by atoms with Crippen LogP contribution in [0.4, 0.5) is 0 Å². The third kappa shape index (κ3) is 3.57. The molecule has 8 nitrogen and oxygen atoms in total. The van der Waals surface area contributed by atoms with Gasteiger partial charge in [-0.1, -0.05) is 25.0 Å². The molecule has 0 aromatic carbocycles. The summed E-state index contributed by atoms with van der Waals surface area (Å²) in [5.74, 6) is -2.58. The number of rotatable bonds is 6. The van der Waals surface area contributed by atoms with E-state index in [0.717, 1.165) is 24.0 Å². The van der Waals surface area contributed by atoms with Gasteiger partial charge < -0.3 is 20.1 Å². The Morgan fingerprint density at radius 3 is 2.53 bits per heavy atom. The Hall–Kier alpha value is -2.32. The van der Waals surface area contributed by atoms with E-state index < -0.39 is 46.9 Å². The van der Waals surface area contributed by atoms with Crippen LogP contribution in [0.5, 0.6) is 0 Å². The van der Waals surface area contributed by atoms with Gasteiger partial charge >= 0.3 is 11.9 Å². The van der Waals surface area contributed by atoms with Crippen LogP contribution in [0.3, 0.4) is 0 Å². The summed E-state index contributed by atoms with van der Waals surface area (Å²) < 4.78 is 4.98. The van der Waals surface area contributed by atoms with Crippen LogP contribution in [-0.2, 0) is 23.9 Å². The Morgan fingerprint density at radius 2 is 1.85 bits per heavy atom. The van der Waals surface area contributed by atoms with Crippen molar-refractivity contribution in [1.82, 2.24) is 0 Å². The maximum absolute atomic E-state index is 13.1. The molecule has 0 spiro atoms. The Morgan fingerprint density at radius 1 is 1.15 bits per heavy atom. The van der Waals surface area contributed by atoms with Gasteiger partial charge in [-0.15, -0.1) is 0 Å². The number of esters is 1. The van der Waals surface area contributed by atoms with Crippen LogP contribution in [-0.4, -0.2) is 57.1 Å². The van der Waals surface area contributed by atoms with Crippen LogP contribution in [0.25, 0.3) is 0 Å². The number of Topliss-reactive ketones (excluding diaryl/α,β-unsaturated/α-hetero) is 1. The molecule has 7 atom stereocenters. The molecule has 34 heavy (non-hydrogen) atoms. The van der Waals surface area contributed by atoms with Crippen molar-refractivity contribution >= 4 is 23.5 Å². The van der Waals surface area contributed by atoms with Crippen LogP contribution in [0.15, 0.2) is 23.3 Å². The summed E-state index contributed by atoms with van der Waals surface area (Å²) in [5, 5.41) is 31.8. The number of carbonyl (C=O) groups excluding carboxylic acids is 3. The lowest BCUT2D eigenvalue weighted by Crippen LogP contribution is -2.62. The van der Waals surface area contributed by atoms with Gasteiger partial charge in [-0.05, 0) is 63.0 Å². The molecule has 3 saturated carbocycles. The number of carboxylic acid groups (broad SMARTS) is 1. The highest BCUT2D eigenvalue weighted by atomic mass is 16.5. The first-order chi connectivity index (χ1) is 15.8. The number of carboxylic acids is 1. The zero-order chi connectivity index (χ0) is 25.1. The Kier molecular flexibility index (Phi) is 6.13.